The predicted molar refractivity (Wildman–Crippen MR) is 108 cm³/mol. The first-order valence-electron chi connectivity index (χ1n) is 9.18. The highest BCUT2D eigenvalue weighted by Crippen LogP contribution is 2.25. The summed E-state index contributed by atoms with van der Waals surface area (Å²) in [6.07, 6.45) is 1.27. The molecule has 0 saturated carbocycles. The first kappa shape index (κ1) is 20.7. The van der Waals surface area contributed by atoms with E-state index in [0.717, 1.165) is 23.6 Å². The largest absolute Gasteiger partial charge is 0.868 e. The van der Waals surface area contributed by atoms with Gasteiger partial charge in [-0.25, -0.2) is 0 Å². The number of amides is 1. The van der Waals surface area contributed by atoms with Gasteiger partial charge in [0.15, 0.2) is 0 Å². The molecule has 3 rings (SSSR count). The van der Waals surface area contributed by atoms with E-state index in [1.165, 1.54) is 12.1 Å². The van der Waals surface area contributed by atoms with Gasteiger partial charge >= 0.3 is 0 Å². The number of anilines is 1. The van der Waals surface area contributed by atoms with E-state index in [1.54, 1.807) is 12.0 Å². The lowest BCUT2D eigenvalue weighted by Gasteiger charge is -2.36. The van der Waals surface area contributed by atoms with E-state index in [0.29, 0.717) is 26.2 Å². The Morgan fingerprint density at radius 3 is 2.40 bits per heavy atom. The Balaban J connectivity index is 1.70. The van der Waals surface area contributed by atoms with E-state index in [9.17, 15) is 25.3 Å². The highest BCUT2D eigenvalue weighted by Gasteiger charge is 2.24. The van der Waals surface area contributed by atoms with Crippen LogP contribution in [-0.4, -0.2) is 49.0 Å². The number of nitriles is 1. The summed E-state index contributed by atoms with van der Waals surface area (Å²) >= 11 is 0. The van der Waals surface area contributed by atoms with Crippen molar-refractivity contribution >= 4 is 23.4 Å². The second kappa shape index (κ2) is 8.96. The molecule has 154 valence electrons. The van der Waals surface area contributed by atoms with Crippen LogP contribution in [0.1, 0.15) is 5.56 Å². The number of ether oxygens (including phenoxy) is 1. The van der Waals surface area contributed by atoms with Gasteiger partial charge in [0.2, 0.25) is 0 Å². The van der Waals surface area contributed by atoms with Crippen molar-refractivity contribution in [3.63, 3.8) is 0 Å². The van der Waals surface area contributed by atoms with Crippen molar-refractivity contribution in [1.82, 2.24) is 4.90 Å². The molecule has 0 aliphatic carbocycles. The van der Waals surface area contributed by atoms with E-state index in [1.807, 2.05) is 30.3 Å². The van der Waals surface area contributed by atoms with Crippen molar-refractivity contribution in [2.45, 2.75) is 0 Å². The molecule has 1 aliphatic rings. The smallest absolute Gasteiger partial charge is 0.264 e. The zero-order valence-electron chi connectivity index (χ0n) is 16.3. The van der Waals surface area contributed by atoms with Crippen LogP contribution < -0.4 is 14.7 Å². The molecule has 1 heterocycles. The summed E-state index contributed by atoms with van der Waals surface area (Å²) in [5.74, 6) is -0.404. The quantitative estimate of drug-likeness (QED) is 0.321. The SMILES string of the molecule is COc1ccc(N2CCN(C(=O)/C(C#N)=C/c3ccc([O-])c([N+](=O)[O-])c3)CC2)cc1. The average molecular weight is 407 g/mol. The number of hydrogen-bond donors (Lipinski definition) is 0. The first-order chi connectivity index (χ1) is 14.4. The maximum absolute atomic E-state index is 12.8. The fourth-order valence-corrected chi connectivity index (χ4v) is 3.21. The molecule has 0 spiro atoms. The summed E-state index contributed by atoms with van der Waals surface area (Å²) in [6, 6.07) is 13.0. The van der Waals surface area contributed by atoms with Gasteiger partial charge in [0, 0.05) is 37.9 Å². The maximum atomic E-state index is 12.8. The predicted octanol–water partition coefficient (Wildman–Crippen LogP) is 1.93. The van der Waals surface area contributed by atoms with E-state index in [4.69, 9.17) is 4.74 Å². The average Bonchev–Trinajstić information content (AvgIpc) is 2.78. The van der Waals surface area contributed by atoms with Crippen molar-refractivity contribution in [3.8, 4) is 17.6 Å². The van der Waals surface area contributed by atoms with Crippen molar-refractivity contribution < 1.29 is 19.6 Å². The first-order valence-corrected chi connectivity index (χ1v) is 9.18. The molecule has 2 aromatic carbocycles. The van der Waals surface area contributed by atoms with Crippen molar-refractivity contribution in [3.05, 3.63) is 63.7 Å². The standard InChI is InChI=1S/C21H20N4O5/c1-30-18-5-3-17(4-6-18)23-8-10-24(11-9-23)21(27)16(14-22)12-15-2-7-20(26)19(13-15)25(28)29/h2-7,12-13,26H,8-11H2,1H3/p-1/b16-12+. The number of benzene rings is 2. The molecule has 1 fully saturated rings. The number of rotatable bonds is 5. The summed E-state index contributed by atoms with van der Waals surface area (Å²) in [5.41, 5.74) is 0.537. The number of carbonyl (C=O) groups excluding carboxylic acids is 1. The van der Waals surface area contributed by atoms with Gasteiger partial charge in [0.1, 0.15) is 17.4 Å². The van der Waals surface area contributed by atoms with Crippen LogP contribution in [0.15, 0.2) is 48.0 Å². The summed E-state index contributed by atoms with van der Waals surface area (Å²) in [6.45, 7) is 2.08. The third-order valence-corrected chi connectivity index (χ3v) is 4.85. The lowest BCUT2D eigenvalue weighted by molar-refractivity contribution is -0.398. The number of nitrogens with zero attached hydrogens (tertiary/aromatic N) is 4. The number of carbonyl (C=O) groups is 1. The zero-order chi connectivity index (χ0) is 21.7. The lowest BCUT2D eigenvalue weighted by Crippen LogP contribution is -2.49. The summed E-state index contributed by atoms with van der Waals surface area (Å²) in [4.78, 5) is 26.6. The van der Waals surface area contributed by atoms with Crippen molar-refractivity contribution in [2.75, 3.05) is 38.2 Å². The number of methoxy groups -OCH3 is 1. The third-order valence-electron chi connectivity index (χ3n) is 4.85. The molecule has 1 saturated heterocycles. The second-order valence-corrected chi connectivity index (χ2v) is 6.63. The molecular weight excluding hydrogens is 388 g/mol. The van der Waals surface area contributed by atoms with Crippen LogP contribution in [0.2, 0.25) is 0 Å². The van der Waals surface area contributed by atoms with Crippen LogP contribution >= 0.6 is 0 Å². The Hall–Kier alpha value is -4.06. The molecule has 1 aliphatic heterocycles. The van der Waals surface area contributed by atoms with E-state index < -0.39 is 22.3 Å². The summed E-state index contributed by atoms with van der Waals surface area (Å²) in [5, 5.41) is 31.9. The summed E-state index contributed by atoms with van der Waals surface area (Å²) < 4.78 is 5.16. The van der Waals surface area contributed by atoms with Gasteiger partial charge in [0.05, 0.1) is 12.0 Å². The maximum Gasteiger partial charge on any atom is 0.264 e. The van der Waals surface area contributed by atoms with E-state index in [-0.39, 0.29) is 11.1 Å². The minimum absolute atomic E-state index is 0.138. The number of hydrogen-bond acceptors (Lipinski definition) is 7. The van der Waals surface area contributed by atoms with Crippen molar-refractivity contribution in [2.24, 2.45) is 0 Å². The van der Waals surface area contributed by atoms with Crippen LogP contribution in [0.3, 0.4) is 0 Å². The van der Waals surface area contributed by atoms with Crippen molar-refractivity contribution in [1.29, 1.82) is 5.26 Å². The molecule has 2 aromatic rings. The van der Waals surface area contributed by atoms with Gasteiger partial charge in [-0.3, -0.25) is 14.9 Å². The number of nitro groups is 1. The molecule has 30 heavy (non-hydrogen) atoms. The molecule has 9 nitrogen and oxygen atoms in total. The lowest BCUT2D eigenvalue weighted by atomic mass is 10.1. The van der Waals surface area contributed by atoms with Crippen LogP contribution in [0.25, 0.3) is 6.08 Å². The molecule has 0 bridgehead atoms. The highest BCUT2D eigenvalue weighted by atomic mass is 16.6. The molecular formula is C21H19N4O5-. The fraction of sp³-hybridized carbons (Fsp3) is 0.238. The van der Waals surface area contributed by atoms with Crippen LogP contribution in [0.5, 0.6) is 11.5 Å². The topological polar surface area (TPSA) is 123 Å². The fourth-order valence-electron chi connectivity index (χ4n) is 3.21. The summed E-state index contributed by atoms with van der Waals surface area (Å²) in [7, 11) is 1.60. The van der Waals surface area contributed by atoms with E-state index >= 15 is 0 Å². The minimum atomic E-state index is -0.786. The molecule has 0 unspecified atom stereocenters. The minimum Gasteiger partial charge on any atom is -0.868 e. The van der Waals surface area contributed by atoms with E-state index in [2.05, 4.69) is 4.90 Å². The van der Waals surface area contributed by atoms with Crippen LogP contribution in [0, 0.1) is 21.4 Å². The monoisotopic (exact) mass is 407 g/mol. The number of nitro benzene ring substituents is 1. The third kappa shape index (κ3) is 4.50. The van der Waals surface area contributed by atoms with Crippen LogP contribution in [0.4, 0.5) is 11.4 Å². The van der Waals surface area contributed by atoms with Gasteiger partial charge in [-0.15, -0.1) is 0 Å². The van der Waals surface area contributed by atoms with Gasteiger partial charge in [-0.2, -0.15) is 5.26 Å². The number of piperazine rings is 1. The van der Waals surface area contributed by atoms with Gasteiger partial charge in [-0.1, -0.05) is 12.1 Å². The highest BCUT2D eigenvalue weighted by molar-refractivity contribution is 6.01. The van der Waals surface area contributed by atoms with Gasteiger partial charge < -0.3 is 19.6 Å². The molecule has 0 N–H and O–H groups in total. The second-order valence-electron chi connectivity index (χ2n) is 6.63. The molecule has 0 radical (unpaired) electrons. The van der Waals surface area contributed by atoms with Gasteiger partial charge in [-0.05, 0) is 41.7 Å². The Labute approximate surface area is 173 Å². The molecule has 1 amide bonds. The van der Waals surface area contributed by atoms with Crippen LogP contribution in [-0.2, 0) is 4.79 Å². The Morgan fingerprint density at radius 1 is 1.17 bits per heavy atom. The molecule has 0 aromatic heterocycles. The Bertz CT molecular complexity index is 1020. The Kier molecular flexibility index (Phi) is 6.17. The normalized spacial score (nSPS) is 14.2. The van der Waals surface area contributed by atoms with Gasteiger partial charge in [0.25, 0.3) is 11.6 Å². The Morgan fingerprint density at radius 2 is 1.83 bits per heavy atom. The molecule has 9 heteroatoms. The zero-order valence-corrected chi connectivity index (χ0v) is 16.3. The molecule has 0 atom stereocenters.